The first-order valence-corrected chi connectivity index (χ1v) is 10.4. The Labute approximate surface area is 167 Å². The largest absolute Gasteiger partial charge is 0.416 e. The third-order valence-electron chi connectivity index (χ3n) is 4.34. The molecule has 0 aliphatic carbocycles. The summed E-state index contributed by atoms with van der Waals surface area (Å²) < 4.78 is 68.0. The summed E-state index contributed by atoms with van der Waals surface area (Å²) in [5, 5.41) is -0.506. The molecule has 2 rings (SSSR count). The van der Waals surface area contributed by atoms with E-state index in [1.165, 1.54) is 30.1 Å². The van der Waals surface area contributed by atoms with Crippen molar-refractivity contribution in [3.05, 3.63) is 41.3 Å². The number of anilines is 1. The van der Waals surface area contributed by atoms with Gasteiger partial charge in [-0.05, 0) is 31.3 Å². The highest BCUT2D eigenvalue weighted by Crippen LogP contribution is 2.33. The number of imidazole rings is 1. The number of likely N-dealkylation sites (N-methyl/N-ethyl adjacent to an activating group) is 1. The lowest BCUT2D eigenvalue weighted by Gasteiger charge is -2.27. The average molecular weight is 439 g/mol. The molecule has 0 saturated carbocycles. The second kappa shape index (κ2) is 8.71. The number of benzene rings is 1. The van der Waals surface area contributed by atoms with Gasteiger partial charge in [-0.1, -0.05) is 31.5 Å². The molecule has 0 atom stereocenters. The second-order valence-corrected chi connectivity index (χ2v) is 8.24. The van der Waals surface area contributed by atoms with Crippen LogP contribution < -0.4 is 4.31 Å². The molecule has 0 fully saturated rings. The Morgan fingerprint density at radius 3 is 2.32 bits per heavy atom. The summed E-state index contributed by atoms with van der Waals surface area (Å²) in [5.41, 5.74) is -1.02. The van der Waals surface area contributed by atoms with Gasteiger partial charge in [0.2, 0.25) is 5.03 Å². The highest BCUT2D eigenvalue weighted by atomic mass is 35.5. The van der Waals surface area contributed by atoms with Crippen LogP contribution in [0.2, 0.25) is 5.15 Å². The molecule has 0 saturated heterocycles. The van der Waals surface area contributed by atoms with Gasteiger partial charge in [-0.15, -0.1) is 0 Å². The molecule has 1 aromatic carbocycles. The van der Waals surface area contributed by atoms with Crippen LogP contribution in [0.5, 0.6) is 0 Å². The molecule has 0 unspecified atom stereocenters. The lowest BCUT2D eigenvalue weighted by molar-refractivity contribution is -0.137. The van der Waals surface area contributed by atoms with Gasteiger partial charge in [-0.25, -0.2) is 4.98 Å². The van der Waals surface area contributed by atoms with Crippen LogP contribution in [0.3, 0.4) is 0 Å². The quantitative estimate of drug-likeness (QED) is 0.631. The van der Waals surface area contributed by atoms with Crippen molar-refractivity contribution < 1.29 is 21.6 Å². The number of nitrogens with zero attached hydrogens (tertiary/aromatic N) is 4. The molecule has 11 heteroatoms. The first-order chi connectivity index (χ1) is 13.0. The number of aryl methyl sites for hydroxylation is 1. The third-order valence-corrected chi connectivity index (χ3v) is 6.66. The van der Waals surface area contributed by atoms with E-state index < -0.39 is 26.8 Å². The number of aromatic nitrogens is 2. The van der Waals surface area contributed by atoms with E-state index >= 15 is 0 Å². The lowest BCUT2D eigenvalue weighted by atomic mass is 10.2. The van der Waals surface area contributed by atoms with Crippen LogP contribution in [-0.2, 0) is 23.2 Å². The first-order valence-electron chi connectivity index (χ1n) is 8.61. The summed E-state index contributed by atoms with van der Waals surface area (Å²) in [7, 11) is -2.74. The molecule has 2 aromatic rings. The maximum atomic E-state index is 13.2. The zero-order chi connectivity index (χ0) is 21.1. The lowest BCUT2D eigenvalue weighted by Crippen LogP contribution is -2.39. The smallest absolute Gasteiger partial charge is 0.324 e. The molecule has 1 aromatic heterocycles. The Kier molecular flexibility index (Phi) is 7.00. The van der Waals surface area contributed by atoms with Gasteiger partial charge in [0, 0.05) is 20.1 Å². The van der Waals surface area contributed by atoms with Crippen molar-refractivity contribution in [2.45, 2.75) is 25.0 Å². The van der Waals surface area contributed by atoms with Crippen molar-refractivity contribution >= 4 is 27.3 Å². The molecular weight excluding hydrogens is 417 g/mol. The van der Waals surface area contributed by atoms with Crippen molar-refractivity contribution in [1.82, 2.24) is 14.5 Å². The SMILES string of the molecule is CCN(CC)CCN(c1cccc(C(F)(F)F)c1)S(=O)(=O)c1ncn(C)c1Cl. The van der Waals surface area contributed by atoms with Gasteiger partial charge in [0.1, 0.15) is 5.15 Å². The first kappa shape index (κ1) is 22.5. The molecule has 0 N–H and O–H groups in total. The molecule has 0 spiro atoms. The van der Waals surface area contributed by atoms with Gasteiger partial charge in [-0.2, -0.15) is 21.6 Å². The Bertz CT molecular complexity index is 911. The van der Waals surface area contributed by atoms with E-state index in [4.69, 9.17) is 11.6 Å². The Morgan fingerprint density at radius 2 is 1.82 bits per heavy atom. The maximum Gasteiger partial charge on any atom is 0.416 e. The fourth-order valence-corrected chi connectivity index (χ4v) is 4.51. The molecule has 0 aliphatic rings. The van der Waals surface area contributed by atoms with Gasteiger partial charge in [0.15, 0.2) is 0 Å². The van der Waals surface area contributed by atoms with Gasteiger partial charge < -0.3 is 9.47 Å². The predicted octanol–water partition coefficient (Wildman–Crippen LogP) is 3.63. The monoisotopic (exact) mass is 438 g/mol. The number of rotatable bonds is 8. The second-order valence-electron chi connectivity index (χ2n) is 6.10. The zero-order valence-electron chi connectivity index (χ0n) is 15.7. The fourth-order valence-electron chi connectivity index (χ4n) is 2.67. The van der Waals surface area contributed by atoms with Crippen molar-refractivity contribution in [3.63, 3.8) is 0 Å². The van der Waals surface area contributed by atoms with Crippen LogP contribution in [0.15, 0.2) is 35.6 Å². The summed E-state index contributed by atoms with van der Waals surface area (Å²) in [6.45, 7) is 5.49. The van der Waals surface area contributed by atoms with E-state index in [0.717, 1.165) is 16.4 Å². The maximum absolute atomic E-state index is 13.2. The number of sulfonamides is 1. The minimum atomic E-state index is -4.59. The number of hydrogen-bond donors (Lipinski definition) is 0. The predicted molar refractivity (Wildman–Crippen MR) is 102 cm³/mol. The molecule has 1 heterocycles. The van der Waals surface area contributed by atoms with Gasteiger partial charge in [0.05, 0.1) is 17.6 Å². The van der Waals surface area contributed by atoms with Crippen LogP contribution in [0, 0.1) is 0 Å². The highest BCUT2D eigenvalue weighted by molar-refractivity contribution is 7.92. The molecule has 0 aliphatic heterocycles. The van der Waals surface area contributed by atoms with Crippen LogP contribution in [-0.4, -0.2) is 49.0 Å². The average Bonchev–Trinajstić information content (AvgIpc) is 2.97. The summed E-state index contributed by atoms with van der Waals surface area (Å²) in [4.78, 5) is 5.81. The Hall–Kier alpha value is -1.78. The molecule has 0 amide bonds. The summed E-state index contributed by atoms with van der Waals surface area (Å²) in [5.74, 6) is 0. The third kappa shape index (κ3) is 4.79. The van der Waals surface area contributed by atoms with E-state index in [1.807, 2.05) is 18.7 Å². The van der Waals surface area contributed by atoms with Gasteiger partial charge in [0.25, 0.3) is 10.0 Å². The topological polar surface area (TPSA) is 58.4 Å². The summed E-state index contributed by atoms with van der Waals surface area (Å²) in [6.07, 6.45) is -3.35. The summed E-state index contributed by atoms with van der Waals surface area (Å²) >= 11 is 6.05. The van der Waals surface area contributed by atoms with E-state index in [1.54, 1.807) is 0 Å². The van der Waals surface area contributed by atoms with Crippen molar-refractivity contribution in [1.29, 1.82) is 0 Å². The zero-order valence-corrected chi connectivity index (χ0v) is 17.3. The molecule has 28 heavy (non-hydrogen) atoms. The van der Waals surface area contributed by atoms with Crippen LogP contribution in [0.25, 0.3) is 0 Å². The summed E-state index contributed by atoms with van der Waals surface area (Å²) in [6, 6.07) is 4.22. The molecule has 156 valence electrons. The number of alkyl halides is 3. The van der Waals surface area contributed by atoms with E-state index in [9.17, 15) is 21.6 Å². The van der Waals surface area contributed by atoms with Crippen LogP contribution >= 0.6 is 11.6 Å². The van der Waals surface area contributed by atoms with Crippen molar-refractivity contribution in [2.75, 3.05) is 30.5 Å². The van der Waals surface area contributed by atoms with E-state index in [0.29, 0.717) is 19.6 Å². The minimum absolute atomic E-state index is 0.0434. The Balaban J connectivity index is 2.53. The minimum Gasteiger partial charge on any atom is -0.324 e. The van der Waals surface area contributed by atoms with Crippen LogP contribution in [0.4, 0.5) is 18.9 Å². The van der Waals surface area contributed by atoms with E-state index in [-0.39, 0.29) is 17.4 Å². The molecule has 0 bridgehead atoms. The van der Waals surface area contributed by atoms with Gasteiger partial charge in [-0.3, -0.25) is 4.31 Å². The van der Waals surface area contributed by atoms with Crippen molar-refractivity contribution in [3.8, 4) is 0 Å². The molecular formula is C17H22ClF3N4O2S. The standard InChI is InChI=1S/C17H22ClF3N4O2S/c1-4-24(5-2)9-10-25(14-8-6-7-13(11-14)17(19,20)21)28(26,27)16-15(18)23(3)12-22-16/h6-8,11-12H,4-5,9-10H2,1-3H3. The normalized spacial score (nSPS) is 12.6. The number of hydrogen-bond acceptors (Lipinski definition) is 4. The van der Waals surface area contributed by atoms with Crippen LogP contribution in [0.1, 0.15) is 19.4 Å². The Morgan fingerprint density at radius 1 is 1.18 bits per heavy atom. The fraction of sp³-hybridized carbons (Fsp3) is 0.471. The van der Waals surface area contributed by atoms with E-state index in [2.05, 4.69) is 4.98 Å². The molecule has 0 radical (unpaired) electrons. The van der Waals surface area contributed by atoms with Crippen molar-refractivity contribution in [2.24, 2.45) is 7.05 Å². The number of halogens is 4. The van der Waals surface area contributed by atoms with Gasteiger partial charge >= 0.3 is 6.18 Å². The highest BCUT2D eigenvalue weighted by Gasteiger charge is 2.34. The molecule has 6 nitrogen and oxygen atoms in total.